The summed E-state index contributed by atoms with van der Waals surface area (Å²) >= 11 is 0. The number of nitrogens with zero attached hydrogens (tertiary/aromatic N) is 4. The van der Waals surface area contributed by atoms with Crippen molar-refractivity contribution in [3.63, 3.8) is 0 Å². The third-order valence-electron chi connectivity index (χ3n) is 4.79. The first-order valence-electron chi connectivity index (χ1n) is 9.41. The van der Waals surface area contributed by atoms with Crippen LogP contribution in [0, 0.1) is 12.7 Å². The minimum absolute atomic E-state index is 0.212. The highest BCUT2D eigenvalue weighted by atomic mass is 19.1. The predicted octanol–water partition coefficient (Wildman–Crippen LogP) is 2.04. The van der Waals surface area contributed by atoms with Crippen molar-refractivity contribution in [2.75, 3.05) is 44.2 Å². The van der Waals surface area contributed by atoms with Gasteiger partial charge in [0.05, 0.1) is 0 Å². The van der Waals surface area contributed by atoms with Gasteiger partial charge in [-0.15, -0.1) is 0 Å². The van der Waals surface area contributed by atoms with Gasteiger partial charge in [-0.3, -0.25) is 4.79 Å². The molecule has 6 nitrogen and oxygen atoms in total. The van der Waals surface area contributed by atoms with Crippen LogP contribution in [0.3, 0.4) is 0 Å². The quantitative estimate of drug-likeness (QED) is 0.842. The van der Waals surface area contributed by atoms with Gasteiger partial charge in [-0.2, -0.15) is 0 Å². The van der Waals surface area contributed by atoms with Crippen molar-refractivity contribution < 1.29 is 9.18 Å². The number of anilines is 1. The van der Waals surface area contributed by atoms with E-state index in [0.29, 0.717) is 24.6 Å². The molecule has 3 rings (SSSR count). The average molecular weight is 371 g/mol. The molecule has 1 aliphatic rings. The van der Waals surface area contributed by atoms with E-state index in [1.807, 2.05) is 6.92 Å². The number of piperazine rings is 1. The molecule has 27 heavy (non-hydrogen) atoms. The Bertz CT molecular complexity index is 772. The van der Waals surface area contributed by atoms with Gasteiger partial charge in [0.1, 0.15) is 11.5 Å². The van der Waals surface area contributed by atoms with Crippen LogP contribution in [0.2, 0.25) is 0 Å². The maximum absolute atomic E-state index is 12.9. The molecular weight excluding hydrogens is 345 g/mol. The average Bonchev–Trinajstić information content (AvgIpc) is 2.69. The fourth-order valence-electron chi connectivity index (χ4n) is 3.14. The molecule has 144 valence electrons. The van der Waals surface area contributed by atoms with E-state index in [4.69, 9.17) is 0 Å². The smallest absolute Gasteiger partial charge is 0.270 e. The number of likely N-dealkylation sites (N-methyl/N-ethyl adjacent to an activating group) is 1. The molecule has 1 fully saturated rings. The number of nitrogens with one attached hydrogen (secondary N) is 1. The van der Waals surface area contributed by atoms with E-state index in [1.54, 1.807) is 18.2 Å². The summed E-state index contributed by atoms with van der Waals surface area (Å²) in [5.74, 6) is 0.150. The Balaban J connectivity index is 1.59. The van der Waals surface area contributed by atoms with E-state index in [2.05, 4.69) is 32.0 Å². The fourth-order valence-corrected chi connectivity index (χ4v) is 3.14. The summed E-state index contributed by atoms with van der Waals surface area (Å²) in [6.45, 7) is 9.24. The number of aryl methyl sites for hydroxylation is 1. The highest BCUT2D eigenvalue weighted by Crippen LogP contribution is 2.13. The summed E-state index contributed by atoms with van der Waals surface area (Å²) in [5, 5.41) is 2.89. The molecule has 0 bridgehead atoms. The normalized spacial score (nSPS) is 15.0. The maximum atomic E-state index is 12.9. The predicted molar refractivity (Wildman–Crippen MR) is 104 cm³/mol. The van der Waals surface area contributed by atoms with Crippen LogP contribution >= 0.6 is 0 Å². The third-order valence-corrected chi connectivity index (χ3v) is 4.79. The summed E-state index contributed by atoms with van der Waals surface area (Å²) in [7, 11) is 0. The first-order valence-corrected chi connectivity index (χ1v) is 9.41. The lowest BCUT2D eigenvalue weighted by Gasteiger charge is -2.34. The summed E-state index contributed by atoms with van der Waals surface area (Å²) in [6, 6.07) is 8.01. The topological polar surface area (TPSA) is 61.4 Å². The summed E-state index contributed by atoms with van der Waals surface area (Å²) in [5.41, 5.74) is 2.14. The molecule has 0 aliphatic carbocycles. The monoisotopic (exact) mass is 371 g/mol. The second kappa shape index (κ2) is 8.90. The summed E-state index contributed by atoms with van der Waals surface area (Å²) in [6.07, 6.45) is 0.641. The minimum atomic E-state index is -0.258. The summed E-state index contributed by atoms with van der Waals surface area (Å²) in [4.78, 5) is 26.0. The number of amides is 1. The second-order valence-corrected chi connectivity index (χ2v) is 6.75. The van der Waals surface area contributed by atoms with Crippen molar-refractivity contribution in [2.24, 2.45) is 0 Å². The zero-order chi connectivity index (χ0) is 19.2. The molecule has 1 N–H and O–H groups in total. The van der Waals surface area contributed by atoms with Gasteiger partial charge in [-0.05, 0) is 43.7 Å². The summed E-state index contributed by atoms with van der Waals surface area (Å²) < 4.78 is 12.9. The Morgan fingerprint density at radius 3 is 2.52 bits per heavy atom. The molecule has 0 saturated carbocycles. The van der Waals surface area contributed by atoms with Gasteiger partial charge in [0.15, 0.2) is 0 Å². The zero-order valence-electron chi connectivity index (χ0n) is 15.9. The molecule has 1 aromatic carbocycles. The van der Waals surface area contributed by atoms with E-state index in [1.165, 1.54) is 12.1 Å². The molecule has 1 saturated heterocycles. The van der Waals surface area contributed by atoms with E-state index < -0.39 is 0 Å². The Hall–Kier alpha value is -2.54. The van der Waals surface area contributed by atoms with Gasteiger partial charge in [0.25, 0.3) is 5.91 Å². The molecule has 0 spiro atoms. The maximum Gasteiger partial charge on any atom is 0.270 e. The van der Waals surface area contributed by atoms with Crippen LogP contribution < -0.4 is 10.2 Å². The number of hydrogen-bond acceptors (Lipinski definition) is 5. The van der Waals surface area contributed by atoms with Gasteiger partial charge in [0, 0.05) is 38.4 Å². The van der Waals surface area contributed by atoms with Crippen LogP contribution in [-0.2, 0) is 6.42 Å². The molecule has 1 amide bonds. The van der Waals surface area contributed by atoms with Crippen LogP contribution in [0.1, 0.15) is 28.7 Å². The van der Waals surface area contributed by atoms with Crippen LogP contribution in [0.4, 0.5) is 10.3 Å². The first-order chi connectivity index (χ1) is 13.0. The minimum Gasteiger partial charge on any atom is -0.350 e. The van der Waals surface area contributed by atoms with E-state index >= 15 is 0 Å². The largest absolute Gasteiger partial charge is 0.350 e. The second-order valence-electron chi connectivity index (χ2n) is 6.75. The van der Waals surface area contributed by atoms with Gasteiger partial charge >= 0.3 is 0 Å². The van der Waals surface area contributed by atoms with Gasteiger partial charge in [-0.25, -0.2) is 14.4 Å². The molecule has 1 aliphatic heterocycles. The molecule has 0 atom stereocenters. The van der Waals surface area contributed by atoms with Crippen molar-refractivity contribution in [2.45, 2.75) is 20.3 Å². The Morgan fingerprint density at radius 2 is 1.85 bits per heavy atom. The Labute approximate surface area is 159 Å². The third kappa shape index (κ3) is 5.23. The van der Waals surface area contributed by atoms with Crippen LogP contribution in [-0.4, -0.2) is 60.0 Å². The lowest BCUT2D eigenvalue weighted by atomic mass is 10.1. The number of rotatable bonds is 6. The molecule has 2 aromatic rings. The number of halogens is 1. The highest BCUT2D eigenvalue weighted by molar-refractivity contribution is 5.92. The van der Waals surface area contributed by atoms with Crippen molar-refractivity contribution >= 4 is 11.9 Å². The van der Waals surface area contributed by atoms with E-state index in [9.17, 15) is 9.18 Å². The van der Waals surface area contributed by atoms with E-state index in [-0.39, 0.29) is 11.7 Å². The Kier molecular flexibility index (Phi) is 6.34. The molecule has 0 unspecified atom stereocenters. The number of carbonyl (C=O) groups excluding carboxylic acids is 1. The molecule has 7 heteroatoms. The fraction of sp³-hybridized carbons (Fsp3) is 0.450. The lowest BCUT2D eigenvalue weighted by Crippen LogP contribution is -2.47. The highest BCUT2D eigenvalue weighted by Gasteiger charge is 2.19. The standard InChI is InChI=1S/C20H26FN5O/c1-3-25-10-12-26(13-11-25)20-23-15(2)14-18(24-20)19(27)22-9-8-16-4-6-17(21)7-5-16/h4-7,14H,3,8-13H2,1-2H3,(H,22,27). The van der Waals surface area contributed by atoms with Gasteiger partial charge in [0.2, 0.25) is 5.95 Å². The van der Waals surface area contributed by atoms with Crippen molar-refractivity contribution in [3.8, 4) is 0 Å². The van der Waals surface area contributed by atoms with Crippen molar-refractivity contribution in [1.29, 1.82) is 0 Å². The van der Waals surface area contributed by atoms with Gasteiger partial charge in [-0.1, -0.05) is 19.1 Å². The van der Waals surface area contributed by atoms with E-state index in [0.717, 1.165) is 44.0 Å². The number of carbonyl (C=O) groups is 1. The molecular formula is C20H26FN5O. The van der Waals surface area contributed by atoms with Gasteiger partial charge < -0.3 is 15.1 Å². The SMILES string of the molecule is CCN1CCN(c2nc(C)cc(C(=O)NCCc3ccc(F)cc3)n2)CC1. The molecule has 2 heterocycles. The van der Waals surface area contributed by atoms with Crippen LogP contribution in [0.5, 0.6) is 0 Å². The Morgan fingerprint density at radius 1 is 1.15 bits per heavy atom. The first kappa shape index (κ1) is 19.2. The van der Waals surface area contributed by atoms with Crippen molar-refractivity contribution in [3.05, 3.63) is 53.1 Å². The van der Waals surface area contributed by atoms with Crippen LogP contribution in [0.15, 0.2) is 30.3 Å². The molecule has 1 aromatic heterocycles. The number of aromatic nitrogens is 2. The zero-order valence-corrected chi connectivity index (χ0v) is 15.9. The number of hydrogen-bond donors (Lipinski definition) is 1. The molecule has 0 radical (unpaired) electrons. The van der Waals surface area contributed by atoms with Crippen molar-refractivity contribution in [1.82, 2.24) is 20.2 Å². The lowest BCUT2D eigenvalue weighted by molar-refractivity contribution is 0.0949. The van der Waals surface area contributed by atoms with Crippen LogP contribution in [0.25, 0.3) is 0 Å². The number of benzene rings is 1.